The fourth-order valence-electron chi connectivity index (χ4n) is 5.24. The molecule has 1 fully saturated rings. The molecule has 3 aromatic rings. The fraction of sp³-hybridized carbons (Fsp3) is 0.360. The van der Waals surface area contributed by atoms with Crippen LogP contribution in [0.4, 0.5) is 0 Å². The molecule has 1 saturated heterocycles. The molecule has 1 N–H and O–H groups in total. The number of hydrogen-bond donors (Lipinski definition) is 1. The number of nitrogens with one attached hydrogen (secondary N) is 1. The quantitative estimate of drug-likeness (QED) is 0.455. The van der Waals surface area contributed by atoms with E-state index in [-0.39, 0.29) is 5.92 Å². The zero-order valence-corrected chi connectivity index (χ0v) is 21.8. The summed E-state index contributed by atoms with van der Waals surface area (Å²) in [4.78, 5) is 9.41. The Morgan fingerprint density at radius 1 is 1.24 bits per heavy atom. The summed E-state index contributed by atoms with van der Waals surface area (Å²) in [6, 6.07) is 8.55. The summed E-state index contributed by atoms with van der Waals surface area (Å²) >= 11 is 10.2. The molecule has 2 aliphatic rings. The van der Waals surface area contributed by atoms with Crippen LogP contribution in [-0.2, 0) is 11.2 Å². The average molecular weight is 541 g/mol. The molecule has 0 bridgehead atoms. The number of hydrazine groups is 1. The smallest absolute Gasteiger partial charge is 0.374 e. The zero-order chi connectivity index (χ0) is 23.7. The monoisotopic (exact) mass is 539 g/mol. The molecule has 1 aliphatic heterocycles. The largest absolute Gasteiger partial charge is 0.426 e. The second-order valence-electron chi connectivity index (χ2n) is 9.02. The molecule has 2 aromatic heterocycles. The van der Waals surface area contributed by atoms with E-state index in [2.05, 4.69) is 60.1 Å². The van der Waals surface area contributed by atoms with Gasteiger partial charge in [-0.2, -0.15) is 0 Å². The van der Waals surface area contributed by atoms with E-state index in [1.165, 1.54) is 22.3 Å². The number of aromatic nitrogens is 3. The molecular weight excluding hydrogens is 512 g/mol. The van der Waals surface area contributed by atoms with Gasteiger partial charge in [-0.05, 0) is 88.2 Å². The van der Waals surface area contributed by atoms with E-state index < -0.39 is 0 Å². The van der Waals surface area contributed by atoms with Gasteiger partial charge >= 0.3 is 7.62 Å². The third-order valence-electron chi connectivity index (χ3n) is 6.94. The van der Waals surface area contributed by atoms with Gasteiger partial charge in [-0.25, -0.2) is 4.98 Å². The molecule has 1 unspecified atom stereocenters. The summed E-state index contributed by atoms with van der Waals surface area (Å²) < 4.78 is 8.36. The number of imidazole rings is 1. The Morgan fingerprint density at radius 2 is 2.06 bits per heavy atom. The first-order chi connectivity index (χ1) is 16.5. The lowest BCUT2D eigenvalue weighted by atomic mass is 9.76. The molecule has 1 aliphatic carbocycles. The molecule has 0 saturated carbocycles. The van der Waals surface area contributed by atoms with Crippen molar-refractivity contribution in [1.29, 1.82) is 0 Å². The molecule has 34 heavy (non-hydrogen) atoms. The van der Waals surface area contributed by atoms with Crippen LogP contribution in [0, 0.1) is 12.8 Å². The minimum Gasteiger partial charge on any atom is -0.426 e. The van der Waals surface area contributed by atoms with Gasteiger partial charge in [0.2, 0.25) is 0 Å². The SMILES string of the molecule is COBNN1CCC(C2c3ccc(Cl)cc3C(Cn3ccnc3C)=Cc3cc(Br)cnc32)CC1. The molecule has 5 rings (SSSR count). The number of fused-ring (bicyclic) bond motifs is 2. The van der Waals surface area contributed by atoms with Gasteiger partial charge in [0, 0.05) is 60.7 Å². The van der Waals surface area contributed by atoms with Crippen molar-refractivity contribution in [3.8, 4) is 0 Å². The Hall–Kier alpha value is -1.97. The first-order valence-electron chi connectivity index (χ1n) is 11.6. The van der Waals surface area contributed by atoms with E-state index in [4.69, 9.17) is 21.2 Å². The number of allylic oxidation sites excluding steroid dienone is 1. The molecule has 176 valence electrons. The van der Waals surface area contributed by atoms with E-state index >= 15 is 0 Å². The van der Waals surface area contributed by atoms with E-state index in [0.29, 0.717) is 13.5 Å². The van der Waals surface area contributed by atoms with Crippen LogP contribution in [0.3, 0.4) is 0 Å². The van der Waals surface area contributed by atoms with Crippen LogP contribution in [0.2, 0.25) is 5.02 Å². The molecule has 6 nitrogen and oxygen atoms in total. The number of hydrogen-bond acceptors (Lipinski definition) is 5. The van der Waals surface area contributed by atoms with Crippen LogP contribution in [0.25, 0.3) is 11.6 Å². The average Bonchev–Trinajstić information content (AvgIpc) is 3.18. The summed E-state index contributed by atoms with van der Waals surface area (Å²) in [5.41, 5.74) is 6.05. The van der Waals surface area contributed by atoms with Crippen molar-refractivity contribution in [3.05, 3.63) is 80.6 Å². The number of pyridine rings is 1. The maximum absolute atomic E-state index is 6.55. The van der Waals surface area contributed by atoms with E-state index in [1.54, 1.807) is 7.11 Å². The summed E-state index contributed by atoms with van der Waals surface area (Å²) in [7, 11) is 2.25. The van der Waals surface area contributed by atoms with Crippen LogP contribution in [0.5, 0.6) is 0 Å². The van der Waals surface area contributed by atoms with Crippen molar-refractivity contribution in [2.45, 2.75) is 32.2 Å². The highest BCUT2D eigenvalue weighted by molar-refractivity contribution is 9.10. The highest BCUT2D eigenvalue weighted by atomic mass is 79.9. The second kappa shape index (κ2) is 10.3. The minimum atomic E-state index is 0.206. The molecular formula is C25H28BBrClN5O. The van der Waals surface area contributed by atoms with Gasteiger partial charge in [-0.1, -0.05) is 17.7 Å². The molecule has 0 spiro atoms. The van der Waals surface area contributed by atoms with Crippen molar-refractivity contribution < 1.29 is 4.65 Å². The van der Waals surface area contributed by atoms with Crippen LogP contribution in [0.1, 0.15) is 47.0 Å². The fourth-order valence-corrected chi connectivity index (χ4v) is 5.76. The Morgan fingerprint density at radius 3 is 2.79 bits per heavy atom. The highest BCUT2D eigenvalue weighted by Gasteiger charge is 2.34. The van der Waals surface area contributed by atoms with Crippen molar-refractivity contribution in [2.75, 3.05) is 20.2 Å². The lowest BCUT2D eigenvalue weighted by Gasteiger charge is -2.37. The summed E-state index contributed by atoms with van der Waals surface area (Å²) in [6.45, 7) is 4.73. The van der Waals surface area contributed by atoms with Crippen LogP contribution in [-0.4, -0.2) is 47.4 Å². The van der Waals surface area contributed by atoms with Gasteiger partial charge in [0.25, 0.3) is 0 Å². The standard InChI is InChI=1S/C25H28BBrClN5O/c1-16-29-7-10-32(16)15-19-11-18-12-20(27)14-30-25(18)24(22-4-3-21(28)13-23(19)22)17-5-8-33(9-6-17)31-26-34-2/h3-4,7,10-14,17,24,26,31H,5-6,8-9,15H2,1-2H3. The van der Waals surface area contributed by atoms with Crippen molar-refractivity contribution in [3.63, 3.8) is 0 Å². The van der Waals surface area contributed by atoms with Gasteiger partial charge in [0.15, 0.2) is 0 Å². The van der Waals surface area contributed by atoms with E-state index in [0.717, 1.165) is 53.5 Å². The number of halogens is 2. The summed E-state index contributed by atoms with van der Waals surface area (Å²) in [6.07, 6.45) is 10.3. The third-order valence-corrected chi connectivity index (χ3v) is 7.61. The number of piperidine rings is 1. The Balaban J connectivity index is 1.58. The van der Waals surface area contributed by atoms with Crippen LogP contribution in [0.15, 0.2) is 47.3 Å². The Labute approximate surface area is 214 Å². The first-order valence-corrected chi connectivity index (χ1v) is 12.8. The van der Waals surface area contributed by atoms with E-state index in [1.807, 2.05) is 31.6 Å². The maximum atomic E-state index is 6.55. The summed E-state index contributed by atoms with van der Waals surface area (Å²) in [5, 5.41) is 6.37. The predicted molar refractivity (Wildman–Crippen MR) is 142 cm³/mol. The molecule has 1 atom stereocenters. The zero-order valence-electron chi connectivity index (χ0n) is 19.5. The second-order valence-corrected chi connectivity index (χ2v) is 10.4. The van der Waals surface area contributed by atoms with Crippen molar-refractivity contribution in [2.24, 2.45) is 5.92 Å². The molecule has 9 heteroatoms. The van der Waals surface area contributed by atoms with Gasteiger partial charge in [0.1, 0.15) is 5.82 Å². The lowest BCUT2D eigenvalue weighted by Crippen LogP contribution is -2.46. The molecule has 0 radical (unpaired) electrons. The number of benzene rings is 1. The van der Waals surface area contributed by atoms with Crippen molar-refractivity contribution in [1.82, 2.24) is 24.9 Å². The highest BCUT2D eigenvalue weighted by Crippen LogP contribution is 2.45. The third kappa shape index (κ3) is 4.88. The topological polar surface area (TPSA) is 55.2 Å². The van der Waals surface area contributed by atoms with Gasteiger partial charge in [-0.3, -0.25) is 15.3 Å². The van der Waals surface area contributed by atoms with Gasteiger partial charge in [0.05, 0.1) is 5.69 Å². The number of rotatable bonds is 6. The van der Waals surface area contributed by atoms with Gasteiger partial charge in [-0.15, -0.1) is 0 Å². The minimum absolute atomic E-state index is 0.206. The normalized spacial score (nSPS) is 18.7. The van der Waals surface area contributed by atoms with Crippen molar-refractivity contribution >= 4 is 46.8 Å². The maximum Gasteiger partial charge on any atom is 0.374 e. The molecule has 0 amide bonds. The molecule has 3 heterocycles. The Bertz CT molecular complexity index is 1210. The van der Waals surface area contributed by atoms with Gasteiger partial charge < -0.3 is 9.22 Å². The number of aryl methyl sites for hydroxylation is 1. The summed E-state index contributed by atoms with van der Waals surface area (Å²) in [5.74, 6) is 1.68. The van der Waals surface area contributed by atoms with E-state index in [9.17, 15) is 0 Å². The predicted octanol–water partition coefficient (Wildman–Crippen LogP) is 4.82. The first kappa shape index (κ1) is 23.8. The Kier molecular flexibility index (Phi) is 7.23. The number of nitrogens with zero attached hydrogens (tertiary/aromatic N) is 4. The molecule has 1 aromatic carbocycles. The van der Waals surface area contributed by atoms with Crippen LogP contribution >= 0.6 is 27.5 Å². The van der Waals surface area contributed by atoms with Crippen LogP contribution < -0.4 is 5.34 Å². The lowest BCUT2D eigenvalue weighted by molar-refractivity contribution is 0.145.